The normalized spacial score (nSPS) is 21.6. The molecule has 1 saturated heterocycles. The molecular formula is C18H21N3O7. The molecule has 1 aliphatic rings. The zero-order valence-electron chi connectivity index (χ0n) is 14.9. The molecule has 10 nitrogen and oxygen atoms in total. The van der Waals surface area contributed by atoms with Crippen LogP contribution in [0.1, 0.15) is 28.6 Å². The maximum Gasteiger partial charge on any atom is 0.330 e. The molecule has 0 unspecified atom stereocenters. The SMILES string of the molecule is O=C(NCCc1ccc(O)cc1)c1cn([C@H]2C[C@H](O)[C@@H](CO)O2)c(=O)[nH]c1=O. The molecule has 2 heterocycles. The summed E-state index contributed by atoms with van der Waals surface area (Å²) >= 11 is 0. The van der Waals surface area contributed by atoms with Gasteiger partial charge in [-0.3, -0.25) is 19.1 Å². The van der Waals surface area contributed by atoms with E-state index in [0.29, 0.717) is 6.42 Å². The number of aliphatic hydroxyl groups is 2. The molecule has 5 N–H and O–H groups in total. The highest BCUT2D eigenvalue weighted by atomic mass is 16.5. The average molecular weight is 391 g/mol. The highest BCUT2D eigenvalue weighted by Crippen LogP contribution is 2.27. The van der Waals surface area contributed by atoms with Crippen molar-refractivity contribution < 1.29 is 24.9 Å². The van der Waals surface area contributed by atoms with E-state index in [1.54, 1.807) is 12.1 Å². The Morgan fingerprint density at radius 3 is 2.64 bits per heavy atom. The fourth-order valence-electron chi connectivity index (χ4n) is 2.99. The molecule has 1 aliphatic heterocycles. The van der Waals surface area contributed by atoms with Crippen LogP contribution in [-0.4, -0.2) is 56.1 Å². The van der Waals surface area contributed by atoms with Gasteiger partial charge < -0.3 is 25.4 Å². The van der Waals surface area contributed by atoms with Gasteiger partial charge in [-0.25, -0.2) is 4.79 Å². The molecule has 0 spiro atoms. The number of nitrogens with zero attached hydrogens (tertiary/aromatic N) is 1. The van der Waals surface area contributed by atoms with Crippen molar-refractivity contribution in [3.05, 3.63) is 62.4 Å². The van der Waals surface area contributed by atoms with Crippen LogP contribution < -0.4 is 16.6 Å². The number of aliphatic hydroxyl groups excluding tert-OH is 2. The summed E-state index contributed by atoms with van der Waals surface area (Å²) in [7, 11) is 0. The quantitative estimate of drug-likeness (QED) is 0.417. The molecule has 2 aromatic rings. The minimum Gasteiger partial charge on any atom is -0.508 e. The molecule has 1 aromatic carbocycles. The van der Waals surface area contributed by atoms with Gasteiger partial charge in [0.15, 0.2) is 0 Å². The van der Waals surface area contributed by atoms with E-state index in [1.807, 2.05) is 0 Å². The van der Waals surface area contributed by atoms with E-state index in [-0.39, 0.29) is 24.3 Å². The smallest absolute Gasteiger partial charge is 0.330 e. The van der Waals surface area contributed by atoms with Gasteiger partial charge >= 0.3 is 5.69 Å². The van der Waals surface area contributed by atoms with Crippen LogP contribution in [0.4, 0.5) is 0 Å². The molecule has 1 amide bonds. The second kappa shape index (κ2) is 8.38. The average Bonchev–Trinajstić information content (AvgIpc) is 3.03. The van der Waals surface area contributed by atoms with Crippen LogP contribution in [0.25, 0.3) is 0 Å². The molecule has 0 bridgehead atoms. The summed E-state index contributed by atoms with van der Waals surface area (Å²) in [6, 6.07) is 6.50. The molecule has 150 valence electrons. The molecule has 3 rings (SSSR count). The topological polar surface area (TPSA) is 154 Å². The van der Waals surface area contributed by atoms with Crippen LogP contribution in [0, 0.1) is 0 Å². The number of aromatic hydroxyl groups is 1. The maximum atomic E-state index is 12.4. The van der Waals surface area contributed by atoms with E-state index >= 15 is 0 Å². The number of nitrogens with one attached hydrogen (secondary N) is 2. The minimum absolute atomic E-state index is 0.0408. The van der Waals surface area contributed by atoms with E-state index in [0.717, 1.165) is 16.3 Å². The van der Waals surface area contributed by atoms with Crippen molar-refractivity contribution in [3.8, 4) is 5.75 Å². The van der Waals surface area contributed by atoms with Crippen LogP contribution in [-0.2, 0) is 11.2 Å². The van der Waals surface area contributed by atoms with E-state index in [1.165, 1.54) is 12.1 Å². The summed E-state index contributed by atoms with van der Waals surface area (Å²) < 4.78 is 6.42. The van der Waals surface area contributed by atoms with Crippen molar-refractivity contribution in [3.63, 3.8) is 0 Å². The summed E-state index contributed by atoms with van der Waals surface area (Å²) in [4.78, 5) is 38.5. The Balaban J connectivity index is 1.71. The van der Waals surface area contributed by atoms with Crippen molar-refractivity contribution in [2.24, 2.45) is 0 Å². The van der Waals surface area contributed by atoms with Gasteiger partial charge in [0.05, 0.1) is 12.7 Å². The first-order valence-electron chi connectivity index (χ1n) is 8.75. The lowest BCUT2D eigenvalue weighted by Gasteiger charge is -2.15. The summed E-state index contributed by atoms with van der Waals surface area (Å²) in [6.07, 6.45) is -1.09. The van der Waals surface area contributed by atoms with E-state index in [9.17, 15) is 24.6 Å². The zero-order chi connectivity index (χ0) is 20.3. The monoisotopic (exact) mass is 391 g/mol. The molecule has 1 fully saturated rings. The van der Waals surface area contributed by atoms with Crippen molar-refractivity contribution >= 4 is 5.91 Å². The minimum atomic E-state index is -0.962. The van der Waals surface area contributed by atoms with Crippen molar-refractivity contribution in [2.45, 2.75) is 31.3 Å². The van der Waals surface area contributed by atoms with Gasteiger partial charge in [-0.1, -0.05) is 12.1 Å². The second-order valence-electron chi connectivity index (χ2n) is 6.50. The van der Waals surface area contributed by atoms with Gasteiger partial charge in [0, 0.05) is 19.2 Å². The number of hydrogen-bond acceptors (Lipinski definition) is 7. The van der Waals surface area contributed by atoms with Crippen LogP contribution in [0.2, 0.25) is 0 Å². The number of rotatable bonds is 6. The molecule has 0 radical (unpaired) electrons. The number of phenolic OH excluding ortho intramolecular Hbond substituents is 1. The third-order valence-electron chi connectivity index (χ3n) is 4.54. The van der Waals surface area contributed by atoms with Gasteiger partial charge in [-0.2, -0.15) is 0 Å². The van der Waals surface area contributed by atoms with Gasteiger partial charge in [0.2, 0.25) is 0 Å². The Morgan fingerprint density at radius 1 is 1.29 bits per heavy atom. The number of aromatic nitrogens is 2. The first-order chi connectivity index (χ1) is 13.4. The number of ether oxygens (including phenoxy) is 1. The largest absolute Gasteiger partial charge is 0.508 e. The molecule has 0 saturated carbocycles. The highest BCUT2D eigenvalue weighted by molar-refractivity contribution is 5.93. The third kappa shape index (κ3) is 4.30. The molecule has 10 heteroatoms. The number of benzene rings is 1. The number of phenols is 1. The standard InChI is InChI=1S/C18H21N3O7/c22-9-14-13(24)7-15(28-14)21-8-12(17(26)20-18(21)27)16(25)19-6-5-10-1-3-11(23)4-2-10/h1-4,8,13-15,22-24H,5-7,9H2,(H,19,25)(H,20,26,27)/t13-,14+,15+/m0/s1. The van der Waals surface area contributed by atoms with Crippen LogP contribution in [0.15, 0.2) is 40.1 Å². The summed E-state index contributed by atoms with van der Waals surface area (Å²) in [6.45, 7) is -0.173. The number of amides is 1. The third-order valence-corrected chi connectivity index (χ3v) is 4.54. The van der Waals surface area contributed by atoms with E-state index < -0.39 is 42.2 Å². The summed E-state index contributed by atoms with van der Waals surface area (Å²) in [5, 5.41) is 30.8. The van der Waals surface area contributed by atoms with Crippen molar-refractivity contribution in [1.82, 2.24) is 14.9 Å². The zero-order valence-corrected chi connectivity index (χ0v) is 14.9. The van der Waals surface area contributed by atoms with Crippen molar-refractivity contribution in [2.75, 3.05) is 13.2 Å². The van der Waals surface area contributed by atoms with Gasteiger partial charge in [0.1, 0.15) is 23.6 Å². The Bertz CT molecular complexity index is 951. The van der Waals surface area contributed by atoms with Crippen LogP contribution in [0.3, 0.4) is 0 Å². The summed E-state index contributed by atoms with van der Waals surface area (Å²) in [5.74, 6) is -0.518. The first kappa shape index (κ1) is 19.8. The Hall–Kier alpha value is -2.95. The molecule has 1 aromatic heterocycles. The van der Waals surface area contributed by atoms with E-state index in [2.05, 4.69) is 10.3 Å². The van der Waals surface area contributed by atoms with Crippen molar-refractivity contribution in [1.29, 1.82) is 0 Å². The van der Waals surface area contributed by atoms with Gasteiger partial charge in [-0.15, -0.1) is 0 Å². The first-order valence-corrected chi connectivity index (χ1v) is 8.75. The molecular weight excluding hydrogens is 370 g/mol. The predicted molar refractivity (Wildman–Crippen MR) is 97.1 cm³/mol. The second-order valence-corrected chi connectivity index (χ2v) is 6.50. The maximum absolute atomic E-state index is 12.4. The Labute approximate surface area is 159 Å². The lowest BCUT2D eigenvalue weighted by Crippen LogP contribution is -2.38. The Kier molecular flexibility index (Phi) is 5.93. The highest BCUT2D eigenvalue weighted by Gasteiger charge is 2.35. The number of H-pyrrole nitrogens is 1. The lowest BCUT2D eigenvalue weighted by atomic mass is 10.1. The molecule has 3 atom stereocenters. The predicted octanol–water partition coefficient (Wildman–Crippen LogP) is -1.14. The molecule has 0 aliphatic carbocycles. The number of hydrogen-bond donors (Lipinski definition) is 5. The van der Waals surface area contributed by atoms with Gasteiger partial charge in [0.25, 0.3) is 11.5 Å². The molecule has 28 heavy (non-hydrogen) atoms. The van der Waals surface area contributed by atoms with E-state index in [4.69, 9.17) is 9.84 Å². The lowest BCUT2D eigenvalue weighted by molar-refractivity contribution is -0.0459. The number of aromatic amines is 1. The fourth-order valence-corrected chi connectivity index (χ4v) is 2.99. The number of carbonyl (C=O) groups excluding carboxylic acids is 1. The van der Waals surface area contributed by atoms with Gasteiger partial charge in [-0.05, 0) is 24.1 Å². The van der Waals surface area contributed by atoms with Crippen LogP contribution in [0.5, 0.6) is 5.75 Å². The van der Waals surface area contributed by atoms with Crippen LogP contribution >= 0.6 is 0 Å². The number of carbonyl (C=O) groups is 1. The fraction of sp³-hybridized carbons (Fsp3) is 0.389. The Morgan fingerprint density at radius 2 is 2.00 bits per heavy atom. The summed E-state index contributed by atoms with van der Waals surface area (Å²) in [5.41, 5.74) is -0.988.